The minimum atomic E-state index is -5.82. The maximum Gasteiger partial charge on any atom is 0.453 e. The Hall–Kier alpha value is -0.470. The van der Waals surface area contributed by atoms with E-state index in [1.165, 1.54) is 0 Å². The zero-order valence-corrected chi connectivity index (χ0v) is 10.1. The van der Waals surface area contributed by atoms with Crippen molar-refractivity contribution >= 4 is 16.9 Å². The quantitative estimate of drug-likeness (QED) is 0.681. The molecular formula is C9H11F7OS. The normalized spacial score (nSPS) is 13.8. The Balaban J connectivity index is 4.22. The number of rotatable bonds is 6. The Morgan fingerprint density at radius 3 is 1.83 bits per heavy atom. The molecule has 0 amide bonds. The third-order valence-corrected chi connectivity index (χ3v) is 2.81. The van der Waals surface area contributed by atoms with Crippen LogP contribution in [0.2, 0.25) is 0 Å². The summed E-state index contributed by atoms with van der Waals surface area (Å²) in [7, 11) is 0. The third-order valence-electron chi connectivity index (χ3n) is 1.99. The molecule has 0 spiro atoms. The molecule has 0 unspecified atom stereocenters. The number of carbonyl (C=O) groups is 1. The Kier molecular flexibility index (Phi) is 5.96. The summed E-state index contributed by atoms with van der Waals surface area (Å²) in [5.41, 5.74) is 0. The van der Waals surface area contributed by atoms with Crippen molar-refractivity contribution in [1.82, 2.24) is 0 Å². The summed E-state index contributed by atoms with van der Waals surface area (Å²) in [6.45, 7) is 1.14. The summed E-state index contributed by atoms with van der Waals surface area (Å²) < 4.78 is 85.9. The molecule has 0 aromatic rings. The number of alkyl halides is 7. The molecule has 0 atom stereocenters. The average molecular weight is 300 g/mol. The third kappa shape index (κ3) is 6.46. The number of hydrogen-bond donors (Lipinski definition) is 0. The summed E-state index contributed by atoms with van der Waals surface area (Å²) in [5.74, 6) is -9.08. The molecule has 1 nitrogen and oxygen atoms in total. The van der Waals surface area contributed by atoms with Gasteiger partial charge in [0.25, 0.3) is 0 Å². The van der Waals surface area contributed by atoms with Gasteiger partial charge in [-0.25, -0.2) is 8.78 Å². The fraction of sp³-hybridized carbons (Fsp3) is 0.889. The fourth-order valence-electron chi connectivity index (χ4n) is 0.951. The lowest BCUT2D eigenvalue weighted by Gasteiger charge is -2.22. The molecule has 0 aromatic carbocycles. The van der Waals surface area contributed by atoms with E-state index in [1.54, 1.807) is 0 Å². The van der Waals surface area contributed by atoms with Crippen molar-refractivity contribution in [3.8, 4) is 0 Å². The van der Waals surface area contributed by atoms with E-state index < -0.39 is 42.4 Å². The van der Waals surface area contributed by atoms with Gasteiger partial charge in [0.1, 0.15) is 0 Å². The summed E-state index contributed by atoms with van der Waals surface area (Å²) in [6.07, 6.45) is -10.3. The van der Waals surface area contributed by atoms with Crippen molar-refractivity contribution in [2.45, 2.75) is 44.2 Å². The zero-order valence-electron chi connectivity index (χ0n) is 9.29. The molecule has 0 fully saturated rings. The topological polar surface area (TPSA) is 17.1 Å². The molecule has 0 bridgehead atoms. The van der Waals surface area contributed by atoms with E-state index in [0.717, 1.165) is 6.92 Å². The van der Waals surface area contributed by atoms with E-state index >= 15 is 0 Å². The van der Waals surface area contributed by atoms with E-state index in [0.29, 0.717) is 11.8 Å². The second-order valence-corrected chi connectivity index (χ2v) is 4.92. The molecule has 108 valence electrons. The first-order chi connectivity index (χ1) is 7.87. The highest BCUT2D eigenvalue weighted by Gasteiger charge is 2.57. The molecule has 0 aliphatic heterocycles. The maximum atomic E-state index is 13.0. The van der Waals surface area contributed by atoms with E-state index in [9.17, 15) is 35.5 Å². The van der Waals surface area contributed by atoms with Crippen LogP contribution in [0, 0.1) is 0 Å². The van der Waals surface area contributed by atoms with Crippen molar-refractivity contribution in [2.75, 3.05) is 5.75 Å². The van der Waals surface area contributed by atoms with Crippen LogP contribution < -0.4 is 0 Å². The van der Waals surface area contributed by atoms with Crippen molar-refractivity contribution in [3.05, 3.63) is 0 Å². The number of carbonyl (C=O) groups excluding carboxylic acids is 1. The summed E-state index contributed by atoms with van der Waals surface area (Å²) >= 11 is 0.568. The van der Waals surface area contributed by atoms with Gasteiger partial charge in [-0.05, 0) is 0 Å². The van der Waals surface area contributed by atoms with Gasteiger partial charge in [-0.1, -0.05) is 11.8 Å². The van der Waals surface area contributed by atoms with Crippen LogP contribution in [0.1, 0.15) is 26.2 Å². The maximum absolute atomic E-state index is 13.0. The molecular weight excluding hydrogens is 289 g/mol. The van der Waals surface area contributed by atoms with E-state index in [-0.39, 0.29) is 5.75 Å². The van der Waals surface area contributed by atoms with Crippen LogP contribution in [-0.2, 0) is 4.79 Å². The second-order valence-electron chi connectivity index (χ2n) is 3.65. The lowest BCUT2D eigenvalue weighted by atomic mass is 10.1. The van der Waals surface area contributed by atoms with Crippen molar-refractivity contribution in [3.63, 3.8) is 0 Å². The fourth-order valence-corrected chi connectivity index (χ4v) is 1.64. The molecule has 18 heavy (non-hydrogen) atoms. The Bertz CT molecular complexity index is 287. The van der Waals surface area contributed by atoms with E-state index in [2.05, 4.69) is 0 Å². The van der Waals surface area contributed by atoms with Gasteiger partial charge < -0.3 is 0 Å². The monoisotopic (exact) mass is 300 g/mol. The first-order valence-electron chi connectivity index (χ1n) is 4.83. The Labute approximate surface area is 103 Å². The predicted molar refractivity (Wildman–Crippen MR) is 52.9 cm³/mol. The summed E-state index contributed by atoms with van der Waals surface area (Å²) in [6, 6.07) is 0. The standard InChI is InChI=1S/C9H11F7OS/c1-6(17)18-5-4-7(10,11)2-3-8(12,13)9(14,15)16/h2-5H2,1H3. The van der Waals surface area contributed by atoms with Gasteiger partial charge in [0.2, 0.25) is 5.92 Å². The molecule has 0 aromatic heterocycles. The van der Waals surface area contributed by atoms with Gasteiger partial charge in [0.15, 0.2) is 5.12 Å². The Morgan fingerprint density at radius 2 is 1.44 bits per heavy atom. The number of halogens is 7. The molecule has 0 rings (SSSR count). The largest absolute Gasteiger partial charge is 0.453 e. The first-order valence-corrected chi connectivity index (χ1v) is 5.82. The van der Waals surface area contributed by atoms with Crippen LogP contribution in [0.4, 0.5) is 30.7 Å². The van der Waals surface area contributed by atoms with Gasteiger partial charge >= 0.3 is 12.1 Å². The average Bonchev–Trinajstić information content (AvgIpc) is 2.12. The van der Waals surface area contributed by atoms with Crippen molar-refractivity contribution < 1.29 is 35.5 Å². The minimum Gasteiger partial charge on any atom is -0.288 e. The molecule has 9 heteroatoms. The van der Waals surface area contributed by atoms with Gasteiger partial charge in [0, 0.05) is 31.9 Å². The molecule has 0 saturated carbocycles. The number of hydrogen-bond acceptors (Lipinski definition) is 2. The highest BCUT2D eigenvalue weighted by Crippen LogP contribution is 2.41. The second kappa shape index (κ2) is 6.12. The predicted octanol–water partition coefficient (Wildman–Crippen LogP) is 4.27. The Morgan fingerprint density at radius 1 is 0.944 bits per heavy atom. The van der Waals surface area contributed by atoms with Crippen molar-refractivity contribution in [1.29, 1.82) is 0 Å². The molecule has 0 aliphatic rings. The van der Waals surface area contributed by atoms with Gasteiger partial charge in [0.05, 0.1) is 0 Å². The minimum absolute atomic E-state index is 0.320. The van der Waals surface area contributed by atoms with E-state index in [4.69, 9.17) is 0 Å². The highest BCUT2D eigenvalue weighted by molar-refractivity contribution is 8.13. The molecule has 0 aliphatic carbocycles. The summed E-state index contributed by atoms with van der Waals surface area (Å²) in [5, 5.41) is -0.425. The molecule has 0 saturated heterocycles. The van der Waals surface area contributed by atoms with Crippen molar-refractivity contribution in [2.24, 2.45) is 0 Å². The van der Waals surface area contributed by atoms with Crippen LogP contribution in [0.3, 0.4) is 0 Å². The SMILES string of the molecule is CC(=O)SCCC(F)(F)CCC(F)(F)C(F)(F)F. The van der Waals surface area contributed by atoms with Crippen LogP contribution >= 0.6 is 11.8 Å². The van der Waals surface area contributed by atoms with E-state index in [1.807, 2.05) is 0 Å². The van der Waals surface area contributed by atoms with Gasteiger partial charge in [-0.3, -0.25) is 4.79 Å². The molecule has 0 radical (unpaired) electrons. The van der Waals surface area contributed by atoms with Crippen LogP contribution in [0.15, 0.2) is 0 Å². The first kappa shape index (κ1) is 17.5. The molecule has 0 heterocycles. The zero-order chi connectivity index (χ0) is 14.6. The summed E-state index contributed by atoms with van der Waals surface area (Å²) in [4.78, 5) is 10.4. The highest BCUT2D eigenvalue weighted by atomic mass is 32.2. The lowest BCUT2D eigenvalue weighted by Crippen LogP contribution is -2.37. The van der Waals surface area contributed by atoms with Crippen LogP contribution in [0.5, 0.6) is 0 Å². The van der Waals surface area contributed by atoms with Gasteiger partial charge in [-0.2, -0.15) is 22.0 Å². The smallest absolute Gasteiger partial charge is 0.288 e. The number of thioether (sulfide) groups is 1. The lowest BCUT2D eigenvalue weighted by molar-refractivity contribution is -0.287. The van der Waals surface area contributed by atoms with Crippen LogP contribution in [-0.4, -0.2) is 28.9 Å². The molecule has 0 N–H and O–H groups in total. The van der Waals surface area contributed by atoms with Gasteiger partial charge in [-0.15, -0.1) is 0 Å². The van der Waals surface area contributed by atoms with Crippen LogP contribution in [0.25, 0.3) is 0 Å².